The summed E-state index contributed by atoms with van der Waals surface area (Å²) in [5.41, 5.74) is 12.4. The maximum atomic E-state index is 6.74. The zero-order valence-corrected chi connectivity index (χ0v) is 22.5. The second-order valence-corrected chi connectivity index (χ2v) is 11.8. The van der Waals surface area contributed by atoms with Crippen LogP contribution in [0.4, 0.5) is 0 Å². The Morgan fingerprint density at radius 1 is 0.474 bits per heavy atom. The molecule has 3 heteroatoms. The van der Waals surface area contributed by atoms with E-state index in [4.69, 9.17) is 23.2 Å². The average Bonchev–Trinajstić information content (AvgIpc) is 3.58. The first kappa shape index (κ1) is 22.4. The van der Waals surface area contributed by atoms with Crippen molar-refractivity contribution in [2.24, 2.45) is 0 Å². The van der Waals surface area contributed by atoms with Crippen LogP contribution in [0.2, 0.25) is 10.0 Å². The summed E-state index contributed by atoms with van der Waals surface area (Å²) >= 11 is 14.9. The quantitative estimate of drug-likeness (QED) is 0.203. The SMILES string of the molecule is Clc1ccc(-c2sc(-c3ccccc3)c3c2-c2ccccc2C32c3ccccc3-c3ccc(Cl)cc32)cc1. The van der Waals surface area contributed by atoms with Crippen molar-refractivity contribution in [2.45, 2.75) is 5.41 Å². The number of thiophene rings is 1. The largest absolute Gasteiger partial charge is 0.134 e. The van der Waals surface area contributed by atoms with Crippen molar-refractivity contribution in [3.8, 4) is 43.1 Å². The van der Waals surface area contributed by atoms with Crippen LogP contribution in [0.15, 0.2) is 121 Å². The topological polar surface area (TPSA) is 0 Å². The molecule has 0 aliphatic heterocycles. The molecule has 0 saturated carbocycles. The molecule has 6 aromatic rings. The Morgan fingerprint density at radius 3 is 1.82 bits per heavy atom. The van der Waals surface area contributed by atoms with Crippen LogP contribution in [0.5, 0.6) is 0 Å². The first-order chi connectivity index (χ1) is 18.7. The zero-order chi connectivity index (χ0) is 25.4. The fourth-order valence-corrected chi connectivity index (χ4v) is 8.30. The molecule has 2 aliphatic carbocycles. The van der Waals surface area contributed by atoms with Gasteiger partial charge in [-0.05, 0) is 74.3 Å². The highest BCUT2D eigenvalue weighted by atomic mass is 35.5. The summed E-state index contributed by atoms with van der Waals surface area (Å²) in [5, 5.41) is 1.51. The van der Waals surface area contributed by atoms with Gasteiger partial charge in [-0.3, -0.25) is 0 Å². The lowest BCUT2D eigenvalue weighted by Gasteiger charge is -2.31. The fourth-order valence-electron chi connectivity index (χ4n) is 6.62. The van der Waals surface area contributed by atoms with Gasteiger partial charge in [0.25, 0.3) is 0 Å². The second-order valence-electron chi connectivity index (χ2n) is 9.91. The Labute approximate surface area is 235 Å². The Morgan fingerprint density at radius 2 is 1.05 bits per heavy atom. The van der Waals surface area contributed by atoms with Gasteiger partial charge in [-0.15, -0.1) is 11.3 Å². The zero-order valence-electron chi connectivity index (χ0n) is 20.2. The van der Waals surface area contributed by atoms with E-state index in [0.717, 1.165) is 10.0 Å². The van der Waals surface area contributed by atoms with E-state index in [9.17, 15) is 0 Å². The van der Waals surface area contributed by atoms with Crippen LogP contribution in [0.3, 0.4) is 0 Å². The third-order valence-corrected chi connectivity index (χ3v) is 9.81. The molecule has 1 heterocycles. The molecule has 0 fully saturated rings. The van der Waals surface area contributed by atoms with E-state index >= 15 is 0 Å². The van der Waals surface area contributed by atoms with Crippen LogP contribution in [-0.4, -0.2) is 0 Å². The molecule has 0 N–H and O–H groups in total. The van der Waals surface area contributed by atoms with Crippen molar-refractivity contribution in [1.82, 2.24) is 0 Å². The Kier molecular flexibility index (Phi) is 4.82. The molecule has 0 nitrogen and oxygen atoms in total. The van der Waals surface area contributed by atoms with Crippen molar-refractivity contribution in [3.05, 3.63) is 154 Å². The van der Waals surface area contributed by atoms with Crippen LogP contribution < -0.4 is 0 Å². The minimum atomic E-state index is -0.449. The van der Waals surface area contributed by atoms with E-state index < -0.39 is 5.41 Å². The van der Waals surface area contributed by atoms with E-state index in [1.807, 2.05) is 29.5 Å². The summed E-state index contributed by atoms with van der Waals surface area (Å²) in [6, 6.07) is 43.3. The lowest BCUT2D eigenvalue weighted by atomic mass is 9.70. The maximum Gasteiger partial charge on any atom is 0.0740 e. The number of hydrogen-bond acceptors (Lipinski definition) is 1. The van der Waals surface area contributed by atoms with Crippen LogP contribution in [-0.2, 0) is 5.41 Å². The smallest absolute Gasteiger partial charge is 0.0740 e. The molecule has 0 bridgehead atoms. The number of benzene rings is 5. The standard InChI is InChI=1S/C35H20Cl2S/c36-23-16-14-22(15-17-23)33-31-27-11-5-7-13-29(27)35(32(31)34(38-33)21-8-2-1-3-9-21)28-12-6-4-10-25(28)26-19-18-24(37)20-30(26)35/h1-20H. The van der Waals surface area contributed by atoms with Gasteiger partial charge in [-0.2, -0.15) is 0 Å². The molecule has 0 saturated heterocycles. The van der Waals surface area contributed by atoms with Crippen molar-refractivity contribution >= 4 is 34.5 Å². The summed E-state index contributed by atoms with van der Waals surface area (Å²) in [4.78, 5) is 2.57. The third kappa shape index (κ3) is 2.87. The summed E-state index contributed by atoms with van der Waals surface area (Å²) < 4.78 is 0. The summed E-state index contributed by atoms with van der Waals surface area (Å²) in [7, 11) is 0. The van der Waals surface area contributed by atoms with Crippen molar-refractivity contribution in [3.63, 3.8) is 0 Å². The summed E-state index contributed by atoms with van der Waals surface area (Å²) in [6.07, 6.45) is 0. The van der Waals surface area contributed by atoms with Gasteiger partial charge < -0.3 is 0 Å². The molecular formula is C35H20Cl2S. The van der Waals surface area contributed by atoms with E-state index in [-0.39, 0.29) is 0 Å². The molecule has 180 valence electrons. The van der Waals surface area contributed by atoms with Gasteiger partial charge in [0, 0.05) is 25.4 Å². The monoisotopic (exact) mass is 542 g/mol. The van der Waals surface area contributed by atoms with E-state index in [2.05, 4.69) is 103 Å². The summed E-state index contributed by atoms with van der Waals surface area (Å²) in [6.45, 7) is 0. The van der Waals surface area contributed by atoms with Gasteiger partial charge >= 0.3 is 0 Å². The minimum absolute atomic E-state index is 0.449. The van der Waals surface area contributed by atoms with E-state index in [0.29, 0.717) is 0 Å². The van der Waals surface area contributed by atoms with Gasteiger partial charge in [0.1, 0.15) is 0 Å². The third-order valence-electron chi connectivity index (χ3n) is 8.03. The number of halogens is 2. The highest BCUT2D eigenvalue weighted by Crippen LogP contribution is 2.68. The Bertz CT molecular complexity index is 1880. The molecule has 1 spiro atoms. The fraction of sp³-hybridized carbons (Fsp3) is 0.0286. The first-order valence-corrected chi connectivity index (χ1v) is 14.2. The molecular weight excluding hydrogens is 523 g/mol. The molecule has 8 rings (SSSR count). The number of fused-ring (bicyclic) bond motifs is 10. The normalized spacial score (nSPS) is 16.3. The second kappa shape index (κ2) is 8.19. The van der Waals surface area contributed by atoms with Gasteiger partial charge in [-0.25, -0.2) is 0 Å². The predicted molar refractivity (Wildman–Crippen MR) is 162 cm³/mol. The molecule has 1 aromatic heterocycles. The van der Waals surface area contributed by atoms with Gasteiger partial charge in [0.2, 0.25) is 0 Å². The average molecular weight is 544 g/mol. The highest BCUT2D eigenvalue weighted by Gasteiger charge is 2.54. The lowest BCUT2D eigenvalue weighted by Crippen LogP contribution is -2.26. The molecule has 0 radical (unpaired) electrons. The Balaban J connectivity index is 1.59. The molecule has 0 amide bonds. The molecule has 38 heavy (non-hydrogen) atoms. The van der Waals surface area contributed by atoms with Gasteiger partial charge in [0.05, 0.1) is 5.41 Å². The van der Waals surface area contributed by atoms with Crippen molar-refractivity contribution < 1.29 is 0 Å². The van der Waals surface area contributed by atoms with Gasteiger partial charge in [0.15, 0.2) is 0 Å². The van der Waals surface area contributed by atoms with Crippen LogP contribution in [0.25, 0.3) is 43.1 Å². The van der Waals surface area contributed by atoms with Crippen LogP contribution >= 0.6 is 34.5 Å². The van der Waals surface area contributed by atoms with Crippen LogP contribution in [0.1, 0.15) is 22.3 Å². The molecule has 1 atom stereocenters. The number of hydrogen-bond donors (Lipinski definition) is 0. The molecule has 5 aromatic carbocycles. The Hall–Kier alpha value is -3.62. The van der Waals surface area contributed by atoms with Crippen LogP contribution in [0, 0.1) is 0 Å². The summed E-state index contributed by atoms with van der Waals surface area (Å²) in [5.74, 6) is 0. The van der Waals surface area contributed by atoms with Crippen molar-refractivity contribution in [1.29, 1.82) is 0 Å². The first-order valence-electron chi connectivity index (χ1n) is 12.7. The lowest BCUT2D eigenvalue weighted by molar-refractivity contribution is 0.798. The number of rotatable bonds is 2. The van der Waals surface area contributed by atoms with Crippen molar-refractivity contribution in [2.75, 3.05) is 0 Å². The minimum Gasteiger partial charge on any atom is -0.134 e. The predicted octanol–water partition coefficient (Wildman–Crippen LogP) is 10.7. The van der Waals surface area contributed by atoms with E-state index in [1.165, 1.54) is 65.4 Å². The molecule has 1 unspecified atom stereocenters. The molecule has 2 aliphatic rings. The van der Waals surface area contributed by atoms with Gasteiger partial charge in [-0.1, -0.05) is 120 Å². The maximum absolute atomic E-state index is 6.74. The highest BCUT2D eigenvalue weighted by molar-refractivity contribution is 7.19. The van der Waals surface area contributed by atoms with E-state index in [1.54, 1.807) is 0 Å².